The summed E-state index contributed by atoms with van der Waals surface area (Å²) in [5.74, 6) is -1.02. The van der Waals surface area contributed by atoms with Gasteiger partial charge in [-0.3, -0.25) is 4.79 Å². The molecule has 0 aliphatic carbocycles. The summed E-state index contributed by atoms with van der Waals surface area (Å²) in [6, 6.07) is 0. The molecule has 1 N–H and O–H groups in total. The summed E-state index contributed by atoms with van der Waals surface area (Å²) < 4.78 is 5.20. The zero-order valence-corrected chi connectivity index (χ0v) is 6.91. The third kappa shape index (κ3) is 1.71. The van der Waals surface area contributed by atoms with Crippen LogP contribution in [0.1, 0.15) is 26.7 Å². The minimum atomic E-state index is -0.728. The highest BCUT2D eigenvalue weighted by molar-refractivity contribution is 5.71. The smallest absolute Gasteiger partial charge is 0.309 e. The van der Waals surface area contributed by atoms with Gasteiger partial charge in [0.15, 0.2) is 0 Å². The first-order valence-electron chi connectivity index (χ1n) is 4.09. The van der Waals surface area contributed by atoms with Crippen molar-refractivity contribution in [3.05, 3.63) is 0 Å². The van der Waals surface area contributed by atoms with Gasteiger partial charge >= 0.3 is 5.97 Å². The molecule has 11 heavy (non-hydrogen) atoms. The van der Waals surface area contributed by atoms with Crippen molar-refractivity contribution < 1.29 is 14.6 Å². The molecule has 0 bridgehead atoms. The minimum Gasteiger partial charge on any atom is -0.481 e. The number of carbonyl (C=O) groups is 1. The van der Waals surface area contributed by atoms with E-state index in [9.17, 15) is 4.79 Å². The van der Waals surface area contributed by atoms with E-state index >= 15 is 0 Å². The molecule has 0 amide bonds. The molecule has 1 fully saturated rings. The van der Waals surface area contributed by atoms with Crippen LogP contribution in [-0.4, -0.2) is 23.3 Å². The lowest BCUT2D eigenvalue weighted by molar-refractivity contribution is -0.142. The van der Waals surface area contributed by atoms with E-state index in [0.717, 1.165) is 6.42 Å². The predicted octanol–water partition coefficient (Wildman–Crippen LogP) is 1.27. The van der Waals surface area contributed by atoms with Gasteiger partial charge in [-0.05, 0) is 12.8 Å². The van der Waals surface area contributed by atoms with Gasteiger partial charge in [0.1, 0.15) is 0 Å². The fourth-order valence-electron chi connectivity index (χ4n) is 1.39. The molecule has 0 aromatic heterocycles. The molecule has 3 unspecified atom stereocenters. The Morgan fingerprint density at radius 2 is 2.27 bits per heavy atom. The number of ether oxygens (including phenoxy) is 1. The zero-order chi connectivity index (χ0) is 8.43. The van der Waals surface area contributed by atoms with Crippen molar-refractivity contribution in [1.82, 2.24) is 0 Å². The van der Waals surface area contributed by atoms with Gasteiger partial charge in [0, 0.05) is 0 Å². The molecule has 0 aromatic carbocycles. The van der Waals surface area contributed by atoms with E-state index in [1.54, 1.807) is 0 Å². The molecule has 3 atom stereocenters. The van der Waals surface area contributed by atoms with E-state index < -0.39 is 5.97 Å². The normalized spacial score (nSPS) is 31.5. The monoisotopic (exact) mass is 158 g/mol. The van der Waals surface area contributed by atoms with Crippen LogP contribution in [0.15, 0.2) is 0 Å². The molecular formula is C8H14O3. The van der Waals surface area contributed by atoms with Crippen molar-refractivity contribution in [2.24, 2.45) is 5.92 Å². The maximum absolute atomic E-state index is 10.6. The van der Waals surface area contributed by atoms with Crippen molar-refractivity contribution >= 4 is 5.97 Å². The highest BCUT2D eigenvalue weighted by atomic mass is 16.6. The average Bonchev–Trinajstić information content (AvgIpc) is 2.68. The number of hydrogen-bond donors (Lipinski definition) is 1. The van der Waals surface area contributed by atoms with E-state index in [1.165, 1.54) is 0 Å². The van der Waals surface area contributed by atoms with Gasteiger partial charge in [-0.15, -0.1) is 0 Å². The predicted molar refractivity (Wildman–Crippen MR) is 40.4 cm³/mol. The van der Waals surface area contributed by atoms with Crippen LogP contribution in [0, 0.1) is 5.92 Å². The lowest BCUT2D eigenvalue weighted by Crippen LogP contribution is -2.20. The number of carboxylic acids is 1. The van der Waals surface area contributed by atoms with E-state index in [1.807, 2.05) is 13.8 Å². The van der Waals surface area contributed by atoms with Crippen molar-refractivity contribution in [3.63, 3.8) is 0 Å². The molecule has 1 saturated heterocycles. The van der Waals surface area contributed by atoms with Crippen LogP contribution in [-0.2, 0) is 9.53 Å². The number of carboxylic acid groups (broad SMARTS) is 1. The molecule has 1 aliphatic heterocycles. The molecule has 1 rings (SSSR count). The Morgan fingerprint density at radius 1 is 1.64 bits per heavy atom. The largest absolute Gasteiger partial charge is 0.481 e. The molecule has 3 nitrogen and oxygen atoms in total. The van der Waals surface area contributed by atoms with Crippen molar-refractivity contribution in [3.8, 4) is 0 Å². The minimum absolute atomic E-state index is 0.0116. The van der Waals surface area contributed by atoms with Gasteiger partial charge in [0.2, 0.25) is 0 Å². The molecule has 0 spiro atoms. The molecule has 64 valence electrons. The van der Waals surface area contributed by atoms with Crippen LogP contribution < -0.4 is 0 Å². The quantitative estimate of drug-likeness (QED) is 0.627. The second-order valence-corrected chi connectivity index (χ2v) is 2.90. The molecule has 1 heterocycles. The summed E-state index contributed by atoms with van der Waals surface area (Å²) in [6.45, 7) is 3.90. The standard InChI is InChI=1S/C8H14O3/c1-3-5(8(9)10)7-6(4-2)11-7/h5-7H,3-4H2,1-2H3,(H,9,10). The van der Waals surface area contributed by atoms with Crippen LogP contribution in [0.3, 0.4) is 0 Å². The molecular weight excluding hydrogens is 144 g/mol. The summed E-state index contributed by atoms with van der Waals surface area (Å²) >= 11 is 0. The van der Waals surface area contributed by atoms with E-state index in [4.69, 9.17) is 9.84 Å². The summed E-state index contributed by atoms with van der Waals surface area (Å²) in [5, 5.41) is 8.72. The van der Waals surface area contributed by atoms with Crippen molar-refractivity contribution in [1.29, 1.82) is 0 Å². The number of epoxide rings is 1. The summed E-state index contributed by atoms with van der Waals surface area (Å²) in [4.78, 5) is 10.6. The van der Waals surface area contributed by atoms with Gasteiger partial charge in [0.05, 0.1) is 18.1 Å². The first kappa shape index (κ1) is 8.53. The third-order valence-electron chi connectivity index (χ3n) is 2.18. The van der Waals surface area contributed by atoms with E-state index in [0.29, 0.717) is 6.42 Å². The highest BCUT2D eigenvalue weighted by Crippen LogP contribution is 2.33. The van der Waals surface area contributed by atoms with Crippen LogP contribution in [0.25, 0.3) is 0 Å². The number of hydrogen-bond acceptors (Lipinski definition) is 2. The maximum Gasteiger partial charge on any atom is 0.309 e. The Hall–Kier alpha value is -0.570. The third-order valence-corrected chi connectivity index (χ3v) is 2.18. The van der Waals surface area contributed by atoms with Crippen LogP contribution in [0.5, 0.6) is 0 Å². The molecule has 3 heteroatoms. The molecule has 0 radical (unpaired) electrons. The molecule has 1 aliphatic rings. The topological polar surface area (TPSA) is 49.8 Å². The summed E-state index contributed by atoms with van der Waals surface area (Å²) in [5.41, 5.74) is 0. The second-order valence-electron chi connectivity index (χ2n) is 2.90. The Labute approximate surface area is 66.4 Å². The van der Waals surface area contributed by atoms with Crippen molar-refractivity contribution in [2.75, 3.05) is 0 Å². The summed E-state index contributed by atoms with van der Waals surface area (Å²) in [7, 11) is 0. The Kier molecular flexibility index (Phi) is 2.49. The highest BCUT2D eigenvalue weighted by Gasteiger charge is 2.45. The van der Waals surface area contributed by atoms with E-state index in [2.05, 4.69) is 0 Å². The van der Waals surface area contributed by atoms with Gasteiger partial charge in [0.25, 0.3) is 0 Å². The van der Waals surface area contributed by atoms with Crippen LogP contribution >= 0.6 is 0 Å². The van der Waals surface area contributed by atoms with Gasteiger partial charge < -0.3 is 9.84 Å². The lowest BCUT2D eigenvalue weighted by Gasteiger charge is -2.03. The fourth-order valence-corrected chi connectivity index (χ4v) is 1.39. The number of rotatable bonds is 4. The Balaban J connectivity index is 2.40. The van der Waals surface area contributed by atoms with Gasteiger partial charge in [-0.1, -0.05) is 13.8 Å². The first-order chi connectivity index (χ1) is 5.20. The van der Waals surface area contributed by atoms with Gasteiger partial charge in [-0.25, -0.2) is 0 Å². The van der Waals surface area contributed by atoms with Crippen LogP contribution in [0.4, 0.5) is 0 Å². The Morgan fingerprint density at radius 3 is 2.55 bits per heavy atom. The summed E-state index contributed by atoms with van der Waals surface area (Å²) in [6.07, 6.45) is 1.78. The molecule has 0 saturated carbocycles. The van der Waals surface area contributed by atoms with E-state index in [-0.39, 0.29) is 18.1 Å². The zero-order valence-electron chi connectivity index (χ0n) is 6.91. The maximum atomic E-state index is 10.6. The fraction of sp³-hybridized carbons (Fsp3) is 0.875. The van der Waals surface area contributed by atoms with Crippen molar-refractivity contribution in [2.45, 2.75) is 38.9 Å². The second kappa shape index (κ2) is 3.22. The van der Waals surface area contributed by atoms with Gasteiger partial charge in [-0.2, -0.15) is 0 Å². The SMILES string of the molecule is CCC1OC1C(CC)C(=O)O. The Bertz CT molecular complexity index is 155. The number of aliphatic carboxylic acids is 1. The average molecular weight is 158 g/mol. The van der Waals surface area contributed by atoms with Crippen LogP contribution in [0.2, 0.25) is 0 Å². The lowest BCUT2D eigenvalue weighted by atomic mass is 10.00. The molecule has 0 aromatic rings. The first-order valence-corrected chi connectivity index (χ1v) is 4.09.